The number of aliphatic hydroxyl groups excluding tert-OH is 1. The van der Waals surface area contributed by atoms with Crippen molar-refractivity contribution in [1.29, 1.82) is 0 Å². The van der Waals surface area contributed by atoms with E-state index in [0.29, 0.717) is 150 Å². The number of aliphatic hydroxyl groups is 1. The van der Waals surface area contributed by atoms with Crippen LogP contribution in [0.25, 0.3) is 0 Å². The number of carbonyl (C=O) groups is 6. The first-order valence-corrected chi connectivity index (χ1v) is 46.7. The average molecular weight is 2150 g/mol. The number of thiol groups is 1. The normalized spacial score (nSPS) is 10.9. The number of hydrogen-bond donors (Lipinski definition) is 2. The Morgan fingerprint density at radius 1 is 0.290 bits per heavy atom. The number of benzene rings is 12. The van der Waals surface area contributed by atoms with Gasteiger partial charge in [-0.1, -0.05) is 143 Å². The fourth-order valence-corrected chi connectivity index (χ4v) is 14.2. The summed E-state index contributed by atoms with van der Waals surface area (Å²) in [7, 11) is 7.29. The van der Waals surface area contributed by atoms with Crippen molar-refractivity contribution in [3.63, 3.8) is 0 Å². The van der Waals surface area contributed by atoms with Gasteiger partial charge in [0.25, 0.3) is 0 Å². The van der Waals surface area contributed by atoms with Gasteiger partial charge in [0, 0.05) is 100 Å². The smallest absolute Gasteiger partial charge is 0.493 e. The molecule has 1 fully saturated rings. The number of ether oxygens (including phenoxy) is 19. The maximum Gasteiger partial charge on any atom is 0.513 e. The van der Waals surface area contributed by atoms with Gasteiger partial charge in [-0.2, -0.15) is 12.6 Å². The molecular formula is C106H102Cl6F6O26S. The van der Waals surface area contributed by atoms with Gasteiger partial charge in [0.05, 0.1) is 61.4 Å². The summed E-state index contributed by atoms with van der Waals surface area (Å²) in [6.07, 6.45) is -2.26. The SMILES string of the molecule is CCOc1cccc(OC(=O)OC)c1COc1cc(Cl)c(C)cc1F.CCc1cccc(OC(=O)OC)c1COc1cc(Cl)c(C)cc1F.COC(=O)Oc1cccc(C)c1COc1cc(Cl)c(C)cc1F.COC(=O)Oc1cccc(C2CC2)c1COc1cc(Cl)c(C)cc1F.COC(=O)Oc1cccc(CO)c1COc1cc(Cl)c(C)cc1F.COC(=O)Oc1cccc(CS)c1COc1cc(Cl)c(C)cc1F. The zero-order chi connectivity index (χ0) is 106. The lowest BCUT2D eigenvalue weighted by Crippen LogP contribution is -2.11. The average Bonchev–Trinajstić information content (AvgIpc) is 1.66. The number of methoxy groups -OCH3 is 6. The molecule has 1 aliphatic carbocycles. The summed E-state index contributed by atoms with van der Waals surface area (Å²) in [6, 6.07) is 47.1. The standard InChI is InChI=1S/C19H18ClFO4.C18H18ClFO5.C18H18ClFO4.C17H16ClFO5.C17H16ClFO4S.C17H16ClFO4/c1-11-8-16(21)18(9-15(11)20)24-10-14-13(12-6-7-12)4-3-5-17(14)25-19(22)23-2;1-4-23-15-6-5-7-16(25-18(21)22-3)12(15)10-24-17-9-13(19)11(2)8-14(17)20;1-4-12-6-5-7-16(24-18(21)22-3)13(12)10-23-17-9-14(19)11(2)8-15(17)20;1-10-6-14(19)16(7-13(10)18)23-9-12-11(8-20)4-3-5-15(12)24-17(21)22-2;1-10-6-14(19)16(7-13(10)18)22-8-12-11(9-24)4-3-5-15(12)23-17(20)21-2;1-10-5-4-6-15(23-17(20)21-3)12(10)9-22-16-8-13(18)11(2)7-14(16)19/h3-5,8-9,12H,6-7,10H2,1-2H3;5-9H,4,10H2,1-3H3;5-9H,4,10H2,1-3H3;3-7,20H,8-9H2,1-2H3;3-7,24H,8-9H2,1-2H3;4-8H,9H2,1-3H3. The van der Waals surface area contributed by atoms with Crippen molar-refractivity contribution in [2.45, 2.75) is 139 Å². The van der Waals surface area contributed by atoms with E-state index in [2.05, 4.69) is 41.0 Å². The van der Waals surface area contributed by atoms with Crippen LogP contribution in [0.15, 0.2) is 182 Å². The van der Waals surface area contributed by atoms with Gasteiger partial charge in [-0.3, -0.25) is 0 Å². The van der Waals surface area contributed by atoms with E-state index in [9.17, 15) is 60.2 Å². The molecule has 0 saturated heterocycles. The largest absolute Gasteiger partial charge is 0.513 e. The number of halogens is 12. The second-order valence-corrected chi connectivity index (χ2v) is 33.7. The van der Waals surface area contributed by atoms with Gasteiger partial charge < -0.3 is 95.1 Å². The molecule has 145 heavy (non-hydrogen) atoms. The van der Waals surface area contributed by atoms with E-state index >= 15 is 0 Å². The minimum atomic E-state index is -0.907. The molecule has 0 aromatic heterocycles. The summed E-state index contributed by atoms with van der Waals surface area (Å²) in [5.41, 5.74) is 11.2. The van der Waals surface area contributed by atoms with Gasteiger partial charge in [-0.25, -0.2) is 55.1 Å². The fourth-order valence-electron chi connectivity index (χ4n) is 13.0. The first-order chi connectivity index (χ1) is 69.2. The molecular weight excluding hydrogens is 2050 g/mol. The summed E-state index contributed by atoms with van der Waals surface area (Å²) in [5, 5.41) is 11.9. The van der Waals surface area contributed by atoms with E-state index in [1.807, 2.05) is 51.1 Å². The lowest BCUT2D eigenvalue weighted by atomic mass is 10.0. The number of aryl methyl sites for hydroxylation is 8. The lowest BCUT2D eigenvalue weighted by molar-refractivity contribution is 0.119. The van der Waals surface area contributed by atoms with E-state index in [1.165, 1.54) is 122 Å². The Balaban J connectivity index is 0.000000212. The van der Waals surface area contributed by atoms with E-state index in [4.69, 9.17) is 131 Å². The van der Waals surface area contributed by atoms with Crippen LogP contribution in [0.3, 0.4) is 0 Å². The summed E-state index contributed by atoms with van der Waals surface area (Å²) in [6.45, 7) is 15.8. The summed E-state index contributed by atoms with van der Waals surface area (Å²) < 4.78 is 180. The Morgan fingerprint density at radius 2 is 0.524 bits per heavy atom. The molecule has 1 saturated carbocycles. The van der Waals surface area contributed by atoms with E-state index in [0.717, 1.165) is 35.1 Å². The zero-order valence-corrected chi connectivity index (χ0v) is 86.4. The summed E-state index contributed by atoms with van der Waals surface area (Å²) in [4.78, 5) is 68.2. The topological polar surface area (TPSA) is 298 Å². The van der Waals surface area contributed by atoms with E-state index in [-0.39, 0.29) is 98.0 Å². The van der Waals surface area contributed by atoms with Gasteiger partial charge in [-0.05, 0) is 221 Å². The third-order valence-corrected chi connectivity index (χ3v) is 23.8. The Hall–Kier alpha value is -13.5. The van der Waals surface area contributed by atoms with Crippen LogP contribution in [0.2, 0.25) is 30.1 Å². The minimum absolute atomic E-state index is 0.00841. The Kier molecular flexibility index (Phi) is 46.6. The maximum atomic E-state index is 14.1. The van der Waals surface area contributed by atoms with Crippen molar-refractivity contribution >= 4 is 119 Å². The molecule has 0 bridgehead atoms. The van der Waals surface area contributed by atoms with Crippen LogP contribution in [-0.4, -0.2) is 91.3 Å². The van der Waals surface area contributed by atoms with E-state index < -0.39 is 71.8 Å². The fraction of sp³-hybridized carbons (Fsp3) is 0.264. The van der Waals surface area contributed by atoms with Crippen LogP contribution in [0, 0.1) is 83.4 Å². The molecule has 0 aliphatic heterocycles. The van der Waals surface area contributed by atoms with Crippen LogP contribution in [0.4, 0.5) is 55.1 Å². The molecule has 13 rings (SSSR count). The highest BCUT2D eigenvalue weighted by molar-refractivity contribution is 7.79. The molecule has 0 unspecified atom stereocenters. The van der Waals surface area contributed by atoms with Crippen molar-refractivity contribution in [1.82, 2.24) is 0 Å². The van der Waals surface area contributed by atoms with Gasteiger partial charge in [0.15, 0.2) is 69.4 Å². The first-order valence-electron chi connectivity index (χ1n) is 43.8. The van der Waals surface area contributed by atoms with Crippen LogP contribution >= 0.6 is 82.2 Å². The van der Waals surface area contributed by atoms with Gasteiger partial charge in [-0.15, -0.1) is 0 Å². The van der Waals surface area contributed by atoms with Crippen molar-refractivity contribution < 1.29 is 150 Å². The van der Waals surface area contributed by atoms with Crippen molar-refractivity contribution in [3.8, 4) is 74.7 Å². The van der Waals surface area contributed by atoms with E-state index in [1.54, 1.807) is 114 Å². The van der Waals surface area contributed by atoms with Crippen LogP contribution in [0.5, 0.6) is 74.7 Å². The summed E-state index contributed by atoms with van der Waals surface area (Å²) in [5.74, 6) is -0.118. The van der Waals surface area contributed by atoms with Gasteiger partial charge in [0.2, 0.25) is 0 Å². The number of carbonyl (C=O) groups excluding carboxylic acids is 6. The molecule has 0 radical (unpaired) electrons. The number of hydrogen-bond acceptors (Lipinski definition) is 27. The maximum absolute atomic E-state index is 14.1. The van der Waals surface area contributed by atoms with Crippen LogP contribution in [-0.2, 0) is 86.8 Å². The van der Waals surface area contributed by atoms with Crippen molar-refractivity contribution in [2.24, 2.45) is 0 Å². The minimum Gasteiger partial charge on any atom is -0.493 e. The van der Waals surface area contributed by atoms with Crippen molar-refractivity contribution in [2.75, 3.05) is 49.3 Å². The highest BCUT2D eigenvalue weighted by Gasteiger charge is 2.30. The zero-order valence-electron chi connectivity index (χ0n) is 81.0. The second kappa shape index (κ2) is 57.8. The Morgan fingerprint density at radius 3 is 0.814 bits per heavy atom. The molecule has 12 aromatic rings. The highest BCUT2D eigenvalue weighted by atomic mass is 35.5. The predicted molar refractivity (Wildman–Crippen MR) is 536 cm³/mol. The van der Waals surface area contributed by atoms with Crippen LogP contribution in [0.1, 0.15) is 127 Å². The second-order valence-electron chi connectivity index (χ2n) is 30.9. The molecule has 0 amide bonds. The molecule has 772 valence electrons. The first kappa shape index (κ1) is 117. The predicted octanol–water partition coefficient (Wildman–Crippen LogP) is 29.1. The third-order valence-electron chi connectivity index (χ3n) is 21.0. The number of rotatable bonds is 30. The molecule has 26 nitrogen and oxygen atoms in total. The Labute approximate surface area is 868 Å². The van der Waals surface area contributed by atoms with Crippen molar-refractivity contribution in [3.05, 3.63) is 342 Å². The monoisotopic (exact) mass is 2150 g/mol. The molecule has 39 heteroatoms. The molecule has 0 heterocycles. The van der Waals surface area contributed by atoms with Gasteiger partial charge in [0.1, 0.15) is 79.9 Å². The van der Waals surface area contributed by atoms with Crippen LogP contribution < -0.4 is 61.6 Å². The highest BCUT2D eigenvalue weighted by Crippen LogP contribution is 2.45. The van der Waals surface area contributed by atoms with Gasteiger partial charge >= 0.3 is 36.9 Å². The summed E-state index contributed by atoms with van der Waals surface area (Å²) >= 11 is 40.3. The molecule has 1 N–H and O–H groups in total. The quantitative estimate of drug-likeness (QED) is 0.0139. The molecule has 1 aliphatic rings. The lowest BCUT2D eigenvalue weighted by Gasteiger charge is -2.15. The molecule has 12 aromatic carbocycles. The molecule has 0 spiro atoms. The molecule has 0 atom stereocenters. The third kappa shape index (κ3) is 34.9. The Bertz CT molecular complexity index is 6230.